The number of nitrogens with one attached hydrogen (secondary N) is 2. The maximum atomic E-state index is 12.5. The van der Waals surface area contributed by atoms with Gasteiger partial charge in [-0.05, 0) is 67.2 Å². The Balaban J connectivity index is 0.000000264. The summed E-state index contributed by atoms with van der Waals surface area (Å²) in [4.78, 5) is 25.0. The molecule has 4 rings (SSSR count). The van der Waals surface area contributed by atoms with Crippen LogP contribution in [0.15, 0.2) is 0 Å². The number of amides is 2. The van der Waals surface area contributed by atoms with Gasteiger partial charge in [0.05, 0.1) is 37.5 Å². The van der Waals surface area contributed by atoms with Gasteiger partial charge in [0.25, 0.3) is 0 Å². The third-order valence-corrected chi connectivity index (χ3v) is 5.43. The molecule has 0 saturated carbocycles. The largest absolute Gasteiger partial charge is 0.442 e. The smallest absolute Gasteiger partial charge is 0.429 e. The van der Waals surface area contributed by atoms with Gasteiger partial charge in [-0.15, -0.1) is 0 Å². The van der Waals surface area contributed by atoms with Crippen LogP contribution in [0.25, 0.3) is 0 Å². The first-order valence-electron chi connectivity index (χ1n) is 11.7. The van der Waals surface area contributed by atoms with Gasteiger partial charge < -0.3 is 18.9 Å². The first-order chi connectivity index (χ1) is 14.9. The third kappa shape index (κ3) is 7.47. The highest BCUT2D eigenvalue weighted by atomic mass is 16.6. The van der Waals surface area contributed by atoms with Crippen LogP contribution in [0, 0.1) is 0 Å². The minimum Gasteiger partial charge on any atom is -0.442 e. The number of carbonyl (C=O) groups excluding carboxylic acids is 2. The van der Waals surface area contributed by atoms with E-state index in [1.165, 1.54) is 22.9 Å². The number of fused-ring (bicyclic) bond motifs is 4. The van der Waals surface area contributed by atoms with E-state index in [2.05, 4.69) is 10.9 Å². The minimum absolute atomic E-state index is 0.0695. The summed E-state index contributed by atoms with van der Waals surface area (Å²) in [6.07, 6.45) is 3.94. The van der Waals surface area contributed by atoms with Gasteiger partial charge in [0, 0.05) is 13.1 Å². The van der Waals surface area contributed by atoms with Crippen molar-refractivity contribution in [1.82, 2.24) is 20.9 Å². The second-order valence-corrected chi connectivity index (χ2v) is 10.8. The molecule has 0 aromatic carbocycles. The quantitative estimate of drug-likeness (QED) is 0.574. The molecule has 184 valence electrons. The summed E-state index contributed by atoms with van der Waals surface area (Å²) in [6, 6.07) is 0. The van der Waals surface area contributed by atoms with E-state index >= 15 is 0 Å². The second kappa shape index (κ2) is 10.1. The molecule has 4 unspecified atom stereocenters. The van der Waals surface area contributed by atoms with E-state index in [9.17, 15) is 9.59 Å². The van der Waals surface area contributed by atoms with Crippen molar-refractivity contribution in [3.63, 3.8) is 0 Å². The number of ether oxygens (including phenoxy) is 4. The van der Waals surface area contributed by atoms with Crippen LogP contribution in [0.2, 0.25) is 0 Å². The van der Waals surface area contributed by atoms with Crippen LogP contribution in [0.1, 0.15) is 67.2 Å². The van der Waals surface area contributed by atoms with Gasteiger partial charge in [-0.3, -0.25) is 10.9 Å². The fraction of sp³-hybridized carbons (Fsp3) is 0.909. The Morgan fingerprint density at radius 1 is 0.688 bits per heavy atom. The van der Waals surface area contributed by atoms with E-state index in [1.54, 1.807) is 41.5 Å². The standard InChI is InChI=1S/C16H28N2O5.C6H12N2O/c1-15(2,3)22-13(19)17-9-11-7-8-12(21-11)10-18(17)14(20)23-16(4,5)6;1-2-6-4-8-7-3-5(1)9-6/h11-12H,7-10H2,1-6H3;5-8H,1-4H2. The highest BCUT2D eigenvalue weighted by Gasteiger charge is 2.42. The van der Waals surface area contributed by atoms with Gasteiger partial charge in [-0.25, -0.2) is 19.6 Å². The van der Waals surface area contributed by atoms with Gasteiger partial charge in [-0.2, -0.15) is 0 Å². The Kier molecular flexibility index (Phi) is 7.90. The minimum atomic E-state index is -0.636. The summed E-state index contributed by atoms with van der Waals surface area (Å²) in [5.74, 6) is 0. The highest BCUT2D eigenvalue weighted by molar-refractivity contribution is 5.75. The Hall–Kier alpha value is -1.62. The first-order valence-corrected chi connectivity index (χ1v) is 11.7. The van der Waals surface area contributed by atoms with Crippen LogP contribution in [0.3, 0.4) is 0 Å². The van der Waals surface area contributed by atoms with Crippen molar-refractivity contribution in [3.8, 4) is 0 Å². The summed E-state index contributed by atoms with van der Waals surface area (Å²) in [5, 5.41) is 2.65. The maximum absolute atomic E-state index is 12.5. The summed E-state index contributed by atoms with van der Waals surface area (Å²) in [6.45, 7) is 13.3. The van der Waals surface area contributed by atoms with Crippen molar-refractivity contribution in [3.05, 3.63) is 0 Å². The molecular formula is C22H40N4O6. The molecule has 2 N–H and O–H groups in total. The maximum Gasteiger partial charge on any atom is 0.429 e. The van der Waals surface area contributed by atoms with Crippen molar-refractivity contribution >= 4 is 12.2 Å². The Labute approximate surface area is 191 Å². The monoisotopic (exact) mass is 456 g/mol. The summed E-state index contributed by atoms with van der Waals surface area (Å²) in [7, 11) is 0. The SMILES string of the molecule is C1CC2CNNCC1O2.CC(C)(C)OC(=O)N1CC2CCC(CN1C(=O)OC(C)(C)C)O2. The molecule has 4 fully saturated rings. The van der Waals surface area contributed by atoms with Gasteiger partial charge >= 0.3 is 12.2 Å². The number of rotatable bonds is 0. The van der Waals surface area contributed by atoms with Gasteiger partial charge in [-0.1, -0.05) is 0 Å². The van der Waals surface area contributed by atoms with E-state index < -0.39 is 23.4 Å². The molecule has 2 amide bonds. The van der Waals surface area contributed by atoms with Gasteiger partial charge in [0.2, 0.25) is 0 Å². The average molecular weight is 457 g/mol. The molecule has 0 aromatic heterocycles. The van der Waals surface area contributed by atoms with E-state index in [-0.39, 0.29) is 12.2 Å². The topological polar surface area (TPSA) is 102 Å². The molecule has 4 atom stereocenters. The Morgan fingerprint density at radius 3 is 1.41 bits per heavy atom. The van der Waals surface area contributed by atoms with Crippen molar-refractivity contribution in [2.24, 2.45) is 0 Å². The molecular weight excluding hydrogens is 416 g/mol. The number of nitrogens with zero attached hydrogens (tertiary/aromatic N) is 2. The zero-order valence-corrected chi connectivity index (χ0v) is 20.3. The first kappa shape index (κ1) is 25.0. The van der Waals surface area contributed by atoms with Crippen LogP contribution in [-0.2, 0) is 18.9 Å². The fourth-order valence-corrected chi connectivity index (χ4v) is 4.06. The molecule has 10 heteroatoms. The highest BCUT2D eigenvalue weighted by Crippen LogP contribution is 2.28. The number of hydrogen-bond donors (Lipinski definition) is 2. The lowest BCUT2D eigenvalue weighted by atomic mass is 10.1. The number of hydrazine groups is 2. The second-order valence-electron chi connectivity index (χ2n) is 10.8. The third-order valence-electron chi connectivity index (χ3n) is 5.43. The predicted molar refractivity (Wildman–Crippen MR) is 118 cm³/mol. The lowest BCUT2D eigenvalue weighted by Gasteiger charge is -2.36. The number of carbonyl (C=O) groups is 2. The molecule has 10 nitrogen and oxygen atoms in total. The molecule has 4 bridgehead atoms. The normalized spacial score (nSPS) is 30.1. The van der Waals surface area contributed by atoms with Crippen molar-refractivity contribution in [2.75, 3.05) is 26.2 Å². The molecule has 4 aliphatic rings. The van der Waals surface area contributed by atoms with Crippen LogP contribution in [0.4, 0.5) is 9.59 Å². The average Bonchev–Trinajstić information content (AvgIpc) is 3.12. The molecule has 4 saturated heterocycles. The van der Waals surface area contributed by atoms with Gasteiger partial charge in [0.15, 0.2) is 0 Å². The lowest BCUT2D eigenvalue weighted by molar-refractivity contribution is -0.0628. The molecule has 0 spiro atoms. The van der Waals surface area contributed by atoms with Crippen molar-refractivity contribution in [2.45, 2.75) is 103 Å². The van der Waals surface area contributed by atoms with Crippen molar-refractivity contribution < 1.29 is 28.5 Å². The molecule has 0 radical (unpaired) electrons. The predicted octanol–water partition coefficient (Wildman–Crippen LogP) is 2.58. The fourth-order valence-electron chi connectivity index (χ4n) is 4.06. The zero-order chi connectivity index (χ0) is 23.5. The van der Waals surface area contributed by atoms with E-state index in [1.807, 2.05) is 0 Å². The zero-order valence-electron chi connectivity index (χ0n) is 20.3. The van der Waals surface area contributed by atoms with Crippen LogP contribution in [0.5, 0.6) is 0 Å². The van der Waals surface area contributed by atoms with Crippen molar-refractivity contribution in [1.29, 1.82) is 0 Å². The molecule has 0 aliphatic carbocycles. The van der Waals surface area contributed by atoms with Crippen LogP contribution >= 0.6 is 0 Å². The summed E-state index contributed by atoms with van der Waals surface area (Å²) < 4.78 is 22.3. The van der Waals surface area contributed by atoms with Crippen LogP contribution in [-0.4, -0.2) is 84.0 Å². The summed E-state index contributed by atoms with van der Waals surface area (Å²) >= 11 is 0. The Morgan fingerprint density at radius 2 is 1.03 bits per heavy atom. The van der Waals surface area contributed by atoms with E-state index in [4.69, 9.17) is 18.9 Å². The molecule has 32 heavy (non-hydrogen) atoms. The lowest BCUT2D eigenvalue weighted by Crippen LogP contribution is -2.55. The van der Waals surface area contributed by atoms with Gasteiger partial charge in [0.1, 0.15) is 11.2 Å². The molecule has 0 aromatic rings. The Bertz CT molecular complexity index is 608. The van der Waals surface area contributed by atoms with Crippen LogP contribution < -0.4 is 10.9 Å². The molecule has 4 heterocycles. The summed E-state index contributed by atoms with van der Waals surface area (Å²) in [5.41, 5.74) is 4.94. The van der Waals surface area contributed by atoms with E-state index in [0.29, 0.717) is 25.3 Å². The number of hydrogen-bond acceptors (Lipinski definition) is 8. The molecule has 4 aliphatic heterocycles. The van der Waals surface area contributed by atoms with E-state index in [0.717, 1.165) is 25.9 Å².